The summed E-state index contributed by atoms with van der Waals surface area (Å²) in [6.07, 6.45) is 0.891. The first kappa shape index (κ1) is 10.3. The van der Waals surface area contributed by atoms with Gasteiger partial charge in [-0.25, -0.2) is 4.68 Å². The molecule has 84 valence electrons. The zero-order valence-corrected chi connectivity index (χ0v) is 8.93. The highest BCUT2D eigenvalue weighted by Gasteiger charge is 2.35. The van der Waals surface area contributed by atoms with Gasteiger partial charge in [0, 0.05) is 33.7 Å². The Morgan fingerprint density at radius 1 is 1.67 bits per heavy atom. The van der Waals surface area contributed by atoms with Gasteiger partial charge in [-0.3, -0.25) is 0 Å². The first-order valence-electron chi connectivity index (χ1n) is 4.85. The summed E-state index contributed by atoms with van der Waals surface area (Å²) in [4.78, 5) is 0. The summed E-state index contributed by atoms with van der Waals surface area (Å²) in [7, 11) is 3.48. The van der Waals surface area contributed by atoms with E-state index in [0.29, 0.717) is 19.1 Å². The Bertz CT molecular complexity index is 321. The van der Waals surface area contributed by atoms with Crippen LogP contribution in [0.2, 0.25) is 0 Å². The van der Waals surface area contributed by atoms with Crippen molar-refractivity contribution >= 4 is 5.95 Å². The van der Waals surface area contributed by atoms with E-state index in [1.807, 2.05) is 0 Å². The summed E-state index contributed by atoms with van der Waals surface area (Å²) in [5, 5.41) is 14.3. The van der Waals surface area contributed by atoms with E-state index < -0.39 is 0 Å². The Morgan fingerprint density at radius 2 is 2.53 bits per heavy atom. The molecule has 7 nitrogen and oxygen atoms in total. The van der Waals surface area contributed by atoms with Crippen LogP contribution in [-0.2, 0) is 16.5 Å². The molecule has 2 rings (SSSR count). The van der Waals surface area contributed by atoms with Crippen LogP contribution in [0.25, 0.3) is 0 Å². The second-order valence-corrected chi connectivity index (χ2v) is 3.67. The standard InChI is InChI=1S/C8H15N5O2/c1-13-7(10-11-12-13)9-5-8(14-2)3-4-15-6-8/h3-6H2,1-2H3,(H,9,10,12). The van der Waals surface area contributed by atoms with E-state index in [9.17, 15) is 0 Å². The number of hydrogen-bond donors (Lipinski definition) is 1. The Hall–Kier alpha value is -1.21. The number of anilines is 1. The number of hydrogen-bond acceptors (Lipinski definition) is 6. The molecule has 0 aromatic carbocycles. The molecule has 1 aromatic heterocycles. The summed E-state index contributed by atoms with van der Waals surface area (Å²) >= 11 is 0. The summed E-state index contributed by atoms with van der Waals surface area (Å²) in [5.41, 5.74) is -0.244. The van der Waals surface area contributed by atoms with Gasteiger partial charge in [0.1, 0.15) is 5.60 Å². The fourth-order valence-corrected chi connectivity index (χ4v) is 1.58. The number of rotatable bonds is 4. The van der Waals surface area contributed by atoms with Crippen molar-refractivity contribution in [3.05, 3.63) is 0 Å². The predicted octanol–water partition coefficient (Wildman–Crippen LogP) is -0.573. The smallest absolute Gasteiger partial charge is 0.242 e. The molecule has 0 radical (unpaired) electrons. The van der Waals surface area contributed by atoms with Gasteiger partial charge in [0.15, 0.2) is 0 Å². The largest absolute Gasteiger partial charge is 0.378 e. The first-order chi connectivity index (χ1) is 7.26. The average Bonchev–Trinajstić information content (AvgIpc) is 2.85. The molecule has 0 aliphatic carbocycles. The highest BCUT2D eigenvalue weighted by molar-refractivity contribution is 5.22. The van der Waals surface area contributed by atoms with Crippen molar-refractivity contribution in [2.75, 3.05) is 32.2 Å². The summed E-state index contributed by atoms with van der Waals surface area (Å²) in [6, 6.07) is 0. The summed E-state index contributed by atoms with van der Waals surface area (Å²) in [6.45, 7) is 2.01. The number of nitrogens with zero attached hydrogens (tertiary/aromatic N) is 4. The molecule has 1 aromatic rings. The lowest BCUT2D eigenvalue weighted by molar-refractivity contribution is -0.00635. The molecule has 15 heavy (non-hydrogen) atoms. The molecule has 7 heteroatoms. The minimum atomic E-state index is -0.244. The molecule has 1 aliphatic heterocycles. The number of ether oxygens (including phenoxy) is 2. The minimum absolute atomic E-state index is 0.244. The Labute approximate surface area is 87.7 Å². The van der Waals surface area contributed by atoms with Gasteiger partial charge in [0.2, 0.25) is 5.95 Å². The maximum atomic E-state index is 5.47. The molecule has 0 saturated carbocycles. The van der Waals surface area contributed by atoms with Crippen molar-refractivity contribution in [1.29, 1.82) is 0 Å². The fraction of sp³-hybridized carbons (Fsp3) is 0.875. The third-order valence-electron chi connectivity index (χ3n) is 2.69. The SMILES string of the molecule is COC1(CNc2nnnn2C)CCOC1. The highest BCUT2D eigenvalue weighted by atomic mass is 16.5. The molecule has 0 amide bonds. The van der Waals surface area contributed by atoms with Gasteiger partial charge in [0.05, 0.1) is 6.61 Å². The van der Waals surface area contributed by atoms with Gasteiger partial charge in [-0.1, -0.05) is 5.10 Å². The van der Waals surface area contributed by atoms with E-state index in [1.54, 1.807) is 18.8 Å². The van der Waals surface area contributed by atoms with Crippen LogP contribution < -0.4 is 5.32 Å². The van der Waals surface area contributed by atoms with Crippen LogP contribution in [0.15, 0.2) is 0 Å². The zero-order chi connectivity index (χ0) is 10.7. The molecule has 2 heterocycles. The lowest BCUT2D eigenvalue weighted by Gasteiger charge is -2.25. The van der Waals surface area contributed by atoms with Crippen molar-refractivity contribution in [2.24, 2.45) is 7.05 Å². The molecular weight excluding hydrogens is 198 g/mol. The van der Waals surface area contributed by atoms with Gasteiger partial charge in [-0.15, -0.1) is 0 Å². The van der Waals surface area contributed by atoms with E-state index in [0.717, 1.165) is 13.0 Å². The normalized spacial score (nSPS) is 25.7. The molecular formula is C8H15N5O2. The number of aromatic nitrogens is 4. The van der Waals surface area contributed by atoms with Gasteiger partial charge < -0.3 is 14.8 Å². The van der Waals surface area contributed by atoms with Crippen LogP contribution in [0.1, 0.15) is 6.42 Å². The average molecular weight is 213 g/mol. The lowest BCUT2D eigenvalue weighted by atomic mass is 10.0. The Kier molecular flexibility index (Phi) is 2.83. The van der Waals surface area contributed by atoms with Crippen LogP contribution in [0, 0.1) is 0 Å². The third kappa shape index (κ3) is 2.07. The van der Waals surface area contributed by atoms with Crippen molar-refractivity contribution < 1.29 is 9.47 Å². The van der Waals surface area contributed by atoms with Crippen LogP contribution in [-0.4, -0.2) is 52.7 Å². The molecule has 1 aliphatic rings. The number of tetrazole rings is 1. The van der Waals surface area contributed by atoms with E-state index in [1.165, 1.54) is 0 Å². The van der Waals surface area contributed by atoms with Crippen molar-refractivity contribution in [2.45, 2.75) is 12.0 Å². The monoisotopic (exact) mass is 213 g/mol. The predicted molar refractivity (Wildman–Crippen MR) is 52.5 cm³/mol. The minimum Gasteiger partial charge on any atom is -0.378 e. The fourth-order valence-electron chi connectivity index (χ4n) is 1.58. The van der Waals surface area contributed by atoms with Crippen molar-refractivity contribution in [3.63, 3.8) is 0 Å². The topological polar surface area (TPSA) is 74.1 Å². The second-order valence-electron chi connectivity index (χ2n) is 3.67. The maximum absolute atomic E-state index is 5.47. The summed E-state index contributed by atoms with van der Waals surface area (Å²) in [5.74, 6) is 0.637. The van der Waals surface area contributed by atoms with Crippen LogP contribution in [0.4, 0.5) is 5.95 Å². The highest BCUT2D eigenvalue weighted by Crippen LogP contribution is 2.22. The second kappa shape index (κ2) is 4.11. The zero-order valence-electron chi connectivity index (χ0n) is 8.93. The van der Waals surface area contributed by atoms with E-state index in [-0.39, 0.29) is 5.60 Å². The number of methoxy groups -OCH3 is 1. The van der Waals surface area contributed by atoms with Crippen molar-refractivity contribution in [3.8, 4) is 0 Å². The molecule has 1 unspecified atom stereocenters. The maximum Gasteiger partial charge on any atom is 0.242 e. The van der Waals surface area contributed by atoms with E-state index >= 15 is 0 Å². The molecule has 0 bridgehead atoms. The Balaban J connectivity index is 1.94. The summed E-state index contributed by atoms with van der Waals surface area (Å²) < 4.78 is 12.4. The lowest BCUT2D eigenvalue weighted by Crippen LogP contribution is -2.40. The quantitative estimate of drug-likeness (QED) is 0.721. The Morgan fingerprint density at radius 3 is 3.07 bits per heavy atom. The van der Waals surface area contributed by atoms with E-state index in [2.05, 4.69) is 20.8 Å². The van der Waals surface area contributed by atoms with Crippen molar-refractivity contribution in [1.82, 2.24) is 20.2 Å². The molecule has 1 N–H and O–H groups in total. The molecule has 1 fully saturated rings. The number of nitrogens with one attached hydrogen (secondary N) is 1. The molecule has 0 spiro atoms. The van der Waals surface area contributed by atoms with Gasteiger partial charge in [0.25, 0.3) is 0 Å². The van der Waals surface area contributed by atoms with Crippen LogP contribution in [0.5, 0.6) is 0 Å². The third-order valence-corrected chi connectivity index (χ3v) is 2.69. The van der Waals surface area contributed by atoms with Gasteiger partial charge in [-0.2, -0.15) is 0 Å². The van der Waals surface area contributed by atoms with Crippen LogP contribution in [0.3, 0.4) is 0 Å². The number of aryl methyl sites for hydroxylation is 1. The van der Waals surface area contributed by atoms with Gasteiger partial charge in [-0.05, 0) is 10.4 Å². The molecule has 1 saturated heterocycles. The van der Waals surface area contributed by atoms with Gasteiger partial charge >= 0.3 is 0 Å². The molecule has 1 atom stereocenters. The first-order valence-corrected chi connectivity index (χ1v) is 4.85. The van der Waals surface area contributed by atoms with Crippen LogP contribution >= 0.6 is 0 Å². The van der Waals surface area contributed by atoms with E-state index in [4.69, 9.17) is 9.47 Å².